The molecule has 0 spiro atoms. The zero-order valence-corrected chi connectivity index (χ0v) is 12.3. The van der Waals surface area contributed by atoms with Gasteiger partial charge in [0.15, 0.2) is 0 Å². The highest BCUT2D eigenvalue weighted by molar-refractivity contribution is 5.74. The molecule has 2 aromatic rings. The molecule has 0 bridgehead atoms. The van der Waals surface area contributed by atoms with Crippen molar-refractivity contribution in [2.24, 2.45) is 0 Å². The van der Waals surface area contributed by atoms with E-state index >= 15 is 0 Å². The number of halogens is 2. The zero-order valence-electron chi connectivity index (χ0n) is 12.3. The number of rotatable bonds is 4. The number of hydrogen-bond acceptors (Lipinski definition) is 3. The van der Waals surface area contributed by atoms with E-state index in [2.05, 4.69) is 14.9 Å². The average Bonchev–Trinajstić information content (AvgIpc) is 2.97. The molecular formula is C16H19F2N3O. The second-order valence-electron chi connectivity index (χ2n) is 6.25. The van der Waals surface area contributed by atoms with Crippen LogP contribution in [0.3, 0.4) is 0 Å². The molecular weight excluding hydrogens is 288 g/mol. The van der Waals surface area contributed by atoms with Gasteiger partial charge in [-0.25, -0.2) is 13.8 Å². The van der Waals surface area contributed by atoms with E-state index in [9.17, 15) is 8.78 Å². The molecule has 1 saturated heterocycles. The van der Waals surface area contributed by atoms with Gasteiger partial charge < -0.3 is 9.72 Å². The molecule has 1 aliphatic heterocycles. The zero-order chi connectivity index (χ0) is 15.1. The molecule has 4 rings (SSSR count). The number of alkyl halides is 1. The fraction of sp³-hybridized carbons (Fsp3) is 0.562. The number of hydrogen-bond donors (Lipinski definition) is 1. The van der Waals surface area contributed by atoms with Crippen LogP contribution in [-0.2, 0) is 11.3 Å². The summed E-state index contributed by atoms with van der Waals surface area (Å²) >= 11 is 0. The van der Waals surface area contributed by atoms with Gasteiger partial charge in [-0.2, -0.15) is 0 Å². The number of imidazole rings is 1. The molecule has 1 aliphatic carbocycles. The summed E-state index contributed by atoms with van der Waals surface area (Å²) in [4.78, 5) is 9.56. The molecule has 2 atom stereocenters. The molecule has 1 aromatic carbocycles. The van der Waals surface area contributed by atoms with Crippen LogP contribution in [0.15, 0.2) is 18.2 Å². The lowest BCUT2D eigenvalue weighted by molar-refractivity contribution is 0.00648. The third-order valence-electron chi connectivity index (χ3n) is 4.74. The Kier molecular flexibility index (Phi) is 3.58. The molecule has 2 heterocycles. The predicted molar refractivity (Wildman–Crippen MR) is 78.7 cm³/mol. The first kappa shape index (κ1) is 14.1. The normalized spacial score (nSPS) is 26.6. The SMILES string of the molecule is Fc1ccc2nc(CO[C@H]3CN(C4CCC4)C[C@H]3F)[nH]c2c1. The van der Waals surface area contributed by atoms with E-state index < -0.39 is 12.3 Å². The molecule has 1 N–H and O–H groups in total. The lowest BCUT2D eigenvalue weighted by Crippen LogP contribution is -2.39. The number of aromatic amines is 1. The van der Waals surface area contributed by atoms with Gasteiger partial charge in [0.05, 0.1) is 11.0 Å². The van der Waals surface area contributed by atoms with E-state index in [0.717, 1.165) is 0 Å². The summed E-state index contributed by atoms with van der Waals surface area (Å²) in [5.41, 5.74) is 1.33. The van der Waals surface area contributed by atoms with Gasteiger partial charge in [-0.3, -0.25) is 4.90 Å². The van der Waals surface area contributed by atoms with E-state index in [0.29, 0.717) is 36.0 Å². The minimum Gasteiger partial charge on any atom is -0.366 e. The maximum atomic E-state index is 14.1. The van der Waals surface area contributed by atoms with E-state index in [4.69, 9.17) is 4.74 Å². The Labute approximate surface area is 127 Å². The Morgan fingerprint density at radius 3 is 2.95 bits per heavy atom. The number of H-pyrrole nitrogens is 1. The molecule has 22 heavy (non-hydrogen) atoms. The largest absolute Gasteiger partial charge is 0.366 e. The Balaban J connectivity index is 1.38. The molecule has 4 nitrogen and oxygen atoms in total. The van der Waals surface area contributed by atoms with Crippen LogP contribution in [0.4, 0.5) is 8.78 Å². The number of nitrogens with one attached hydrogen (secondary N) is 1. The van der Waals surface area contributed by atoms with Gasteiger partial charge in [-0.1, -0.05) is 6.42 Å². The van der Waals surface area contributed by atoms with Crippen molar-refractivity contribution in [1.29, 1.82) is 0 Å². The van der Waals surface area contributed by atoms with Crippen LogP contribution in [0.2, 0.25) is 0 Å². The average molecular weight is 307 g/mol. The van der Waals surface area contributed by atoms with E-state index in [1.165, 1.54) is 31.4 Å². The van der Waals surface area contributed by atoms with Gasteiger partial charge >= 0.3 is 0 Å². The number of ether oxygens (including phenoxy) is 1. The van der Waals surface area contributed by atoms with Crippen LogP contribution < -0.4 is 0 Å². The highest BCUT2D eigenvalue weighted by Gasteiger charge is 2.38. The van der Waals surface area contributed by atoms with Crippen LogP contribution in [0.5, 0.6) is 0 Å². The summed E-state index contributed by atoms with van der Waals surface area (Å²) in [7, 11) is 0. The third kappa shape index (κ3) is 2.61. The van der Waals surface area contributed by atoms with Crippen LogP contribution in [0, 0.1) is 5.82 Å². The van der Waals surface area contributed by atoms with Gasteiger partial charge in [-0.05, 0) is 31.0 Å². The van der Waals surface area contributed by atoms with Crippen LogP contribution in [0.1, 0.15) is 25.1 Å². The van der Waals surface area contributed by atoms with Crippen molar-refractivity contribution < 1.29 is 13.5 Å². The van der Waals surface area contributed by atoms with E-state index in [1.54, 1.807) is 6.07 Å². The lowest BCUT2D eigenvalue weighted by atomic mass is 9.92. The number of benzene rings is 1. The highest BCUT2D eigenvalue weighted by Crippen LogP contribution is 2.30. The summed E-state index contributed by atoms with van der Waals surface area (Å²) in [6.45, 7) is 1.35. The van der Waals surface area contributed by atoms with Crippen molar-refractivity contribution in [1.82, 2.24) is 14.9 Å². The van der Waals surface area contributed by atoms with Gasteiger partial charge in [-0.15, -0.1) is 0 Å². The van der Waals surface area contributed by atoms with Crippen molar-refractivity contribution in [3.63, 3.8) is 0 Å². The summed E-state index contributed by atoms with van der Waals surface area (Å²) in [6.07, 6.45) is 2.26. The van der Waals surface area contributed by atoms with Crippen molar-refractivity contribution in [3.8, 4) is 0 Å². The van der Waals surface area contributed by atoms with Gasteiger partial charge in [0.1, 0.15) is 30.5 Å². The van der Waals surface area contributed by atoms with Crippen LogP contribution >= 0.6 is 0 Å². The maximum absolute atomic E-state index is 14.1. The van der Waals surface area contributed by atoms with E-state index in [1.807, 2.05) is 0 Å². The molecule has 0 radical (unpaired) electrons. The first-order valence-corrected chi connectivity index (χ1v) is 7.83. The number of nitrogens with zero attached hydrogens (tertiary/aromatic N) is 2. The molecule has 2 fully saturated rings. The van der Waals surface area contributed by atoms with Crippen LogP contribution in [0.25, 0.3) is 11.0 Å². The quantitative estimate of drug-likeness (QED) is 0.944. The van der Waals surface area contributed by atoms with Crippen LogP contribution in [-0.4, -0.2) is 46.3 Å². The fourth-order valence-electron chi connectivity index (χ4n) is 3.26. The standard InChI is InChI=1S/C16H19F2N3O/c17-10-4-5-13-14(6-10)20-16(19-13)9-22-15-8-21(7-12(15)18)11-2-1-3-11/h4-6,11-12,15H,1-3,7-9H2,(H,19,20)/t12-,15+/m1/s1. The monoisotopic (exact) mass is 307 g/mol. The maximum Gasteiger partial charge on any atom is 0.140 e. The Hall–Kier alpha value is -1.53. The van der Waals surface area contributed by atoms with Crippen molar-refractivity contribution in [2.75, 3.05) is 13.1 Å². The number of likely N-dealkylation sites (tertiary alicyclic amines) is 1. The minimum atomic E-state index is -0.942. The summed E-state index contributed by atoms with van der Waals surface area (Å²) in [5.74, 6) is 0.300. The van der Waals surface area contributed by atoms with Gasteiger partial charge in [0, 0.05) is 19.1 Å². The molecule has 2 aliphatic rings. The number of fused-ring (bicyclic) bond motifs is 1. The molecule has 6 heteroatoms. The van der Waals surface area contributed by atoms with Crippen molar-refractivity contribution in [3.05, 3.63) is 29.8 Å². The Morgan fingerprint density at radius 1 is 1.32 bits per heavy atom. The summed E-state index contributed by atoms with van der Waals surface area (Å²) in [5, 5.41) is 0. The molecule has 0 unspecified atom stereocenters. The van der Waals surface area contributed by atoms with Crippen molar-refractivity contribution >= 4 is 11.0 Å². The number of aromatic nitrogens is 2. The molecule has 1 aromatic heterocycles. The van der Waals surface area contributed by atoms with Crippen molar-refractivity contribution in [2.45, 2.75) is 44.2 Å². The van der Waals surface area contributed by atoms with Gasteiger partial charge in [0.25, 0.3) is 0 Å². The second-order valence-corrected chi connectivity index (χ2v) is 6.25. The molecule has 118 valence electrons. The highest BCUT2D eigenvalue weighted by atomic mass is 19.1. The predicted octanol–water partition coefficient (Wildman–Crippen LogP) is 2.79. The second kappa shape index (κ2) is 5.59. The summed E-state index contributed by atoms with van der Waals surface area (Å²) in [6, 6.07) is 4.94. The fourth-order valence-corrected chi connectivity index (χ4v) is 3.26. The summed E-state index contributed by atoms with van der Waals surface area (Å²) < 4.78 is 32.9. The van der Waals surface area contributed by atoms with Gasteiger partial charge in [0.2, 0.25) is 0 Å². The molecule has 1 saturated carbocycles. The first-order chi connectivity index (χ1) is 10.7. The third-order valence-corrected chi connectivity index (χ3v) is 4.74. The molecule has 0 amide bonds. The Bertz CT molecular complexity index is 670. The minimum absolute atomic E-state index is 0.222. The first-order valence-electron chi connectivity index (χ1n) is 7.83. The smallest absolute Gasteiger partial charge is 0.140 e. The van der Waals surface area contributed by atoms with E-state index in [-0.39, 0.29) is 12.4 Å². The topological polar surface area (TPSA) is 41.1 Å². The lowest BCUT2D eigenvalue weighted by Gasteiger charge is -2.34. The Morgan fingerprint density at radius 2 is 2.18 bits per heavy atom.